The molecule has 0 bridgehead atoms. The van der Waals surface area contributed by atoms with Crippen LogP contribution in [0.1, 0.15) is 16.1 Å². The van der Waals surface area contributed by atoms with Crippen molar-refractivity contribution in [3.8, 4) is 0 Å². The van der Waals surface area contributed by atoms with Crippen LogP contribution in [0.25, 0.3) is 0 Å². The summed E-state index contributed by atoms with van der Waals surface area (Å²) in [6.07, 6.45) is 1.15. The number of rotatable bonds is 5. The average molecular weight is 252 g/mol. The van der Waals surface area contributed by atoms with Gasteiger partial charge in [0, 0.05) is 26.2 Å². The van der Waals surface area contributed by atoms with E-state index in [0.717, 1.165) is 6.20 Å². The summed E-state index contributed by atoms with van der Waals surface area (Å²) >= 11 is 0. The van der Waals surface area contributed by atoms with Crippen LogP contribution >= 0.6 is 0 Å². The molecule has 0 fully saturated rings. The molecular weight excluding hydrogens is 236 g/mol. The van der Waals surface area contributed by atoms with Crippen molar-refractivity contribution >= 4 is 11.6 Å². The van der Waals surface area contributed by atoms with Gasteiger partial charge in [0.2, 0.25) is 0 Å². The summed E-state index contributed by atoms with van der Waals surface area (Å²) in [5, 5.41) is 13.6. The molecule has 1 N–H and O–H groups in total. The van der Waals surface area contributed by atoms with Crippen LogP contribution in [0.2, 0.25) is 0 Å². The van der Waals surface area contributed by atoms with Crippen LogP contribution < -0.4 is 5.32 Å². The number of likely N-dealkylation sites (N-methyl/N-ethyl adjacent to an activating group) is 2. The highest BCUT2D eigenvalue weighted by molar-refractivity contribution is 5.95. The van der Waals surface area contributed by atoms with Gasteiger partial charge in [-0.1, -0.05) is 0 Å². The zero-order valence-corrected chi connectivity index (χ0v) is 10.6. The molecule has 0 radical (unpaired) electrons. The number of nitrogens with one attached hydrogen (secondary N) is 1. The summed E-state index contributed by atoms with van der Waals surface area (Å²) in [5.74, 6) is -0.265. The molecule has 0 saturated carbocycles. The smallest absolute Gasteiger partial charge is 0.288 e. The number of carbonyl (C=O) groups is 1. The number of amides is 1. The molecule has 0 unspecified atom stereocenters. The number of hydrogen-bond acceptors (Lipinski definition) is 5. The Kier molecular flexibility index (Phi) is 4.73. The maximum Gasteiger partial charge on any atom is 0.288 e. The Morgan fingerprint density at radius 3 is 2.83 bits per heavy atom. The molecule has 0 spiro atoms. The van der Waals surface area contributed by atoms with E-state index in [4.69, 9.17) is 0 Å². The van der Waals surface area contributed by atoms with Crippen molar-refractivity contribution in [2.24, 2.45) is 0 Å². The third-order valence-electron chi connectivity index (χ3n) is 2.56. The molecule has 0 saturated heterocycles. The summed E-state index contributed by atoms with van der Waals surface area (Å²) in [6.45, 7) is 2.84. The summed E-state index contributed by atoms with van der Waals surface area (Å²) in [7, 11) is 3.44. The van der Waals surface area contributed by atoms with Crippen LogP contribution in [0.5, 0.6) is 0 Å². The highest BCUT2D eigenvalue weighted by Gasteiger charge is 2.18. The summed E-state index contributed by atoms with van der Waals surface area (Å²) in [6, 6.07) is 1.26. The normalized spacial score (nSPS) is 10.2. The lowest BCUT2D eigenvalue weighted by Crippen LogP contribution is -2.33. The molecule has 0 atom stereocenters. The number of aromatic nitrogens is 1. The molecule has 1 aromatic heterocycles. The summed E-state index contributed by atoms with van der Waals surface area (Å²) in [5.41, 5.74) is 0.579. The predicted molar refractivity (Wildman–Crippen MR) is 66.5 cm³/mol. The maximum absolute atomic E-state index is 12.1. The number of nitro groups is 1. The standard InChI is InChI=1S/C11H16N4O3/c1-8-10(6-9(7-13-8)15(17)18)11(16)14(3)5-4-12-2/h6-7,12H,4-5H2,1-3H3. The fraction of sp³-hybridized carbons (Fsp3) is 0.455. The first kappa shape index (κ1) is 14.0. The third kappa shape index (κ3) is 3.24. The number of aryl methyl sites for hydroxylation is 1. The van der Waals surface area contributed by atoms with E-state index in [1.54, 1.807) is 21.0 Å². The van der Waals surface area contributed by atoms with Crippen LogP contribution in [0.15, 0.2) is 12.3 Å². The lowest BCUT2D eigenvalue weighted by Gasteiger charge is -2.17. The van der Waals surface area contributed by atoms with Gasteiger partial charge in [-0.2, -0.15) is 0 Å². The number of hydrogen-bond donors (Lipinski definition) is 1. The molecule has 98 valence electrons. The minimum absolute atomic E-state index is 0.175. The molecule has 7 heteroatoms. The molecule has 7 nitrogen and oxygen atoms in total. The average Bonchev–Trinajstić information content (AvgIpc) is 2.35. The minimum atomic E-state index is -0.559. The van der Waals surface area contributed by atoms with Gasteiger partial charge < -0.3 is 10.2 Å². The number of nitrogens with zero attached hydrogens (tertiary/aromatic N) is 3. The van der Waals surface area contributed by atoms with Crippen LogP contribution in [-0.2, 0) is 0 Å². The second-order valence-corrected chi connectivity index (χ2v) is 3.91. The molecule has 1 aromatic rings. The molecule has 1 heterocycles. The van der Waals surface area contributed by atoms with Crippen molar-refractivity contribution in [2.75, 3.05) is 27.2 Å². The van der Waals surface area contributed by atoms with Crippen molar-refractivity contribution in [3.63, 3.8) is 0 Å². The van der Waals surface area contributed by atoms with Crippen molar-refractivity contribution in [1.29, 1.82) is 0 Å². The van der Waals surface area contributed by atoms with E-state index < -0.39 is 4.92 Å². The maximum atomic E-state index is 12.1. The monoisotopic (exact) mass is 252 g/mol. The number of carbonyl (C=O) groups excluding carboxylic acids is 1. The van der Waals surface area contributed by atoms with Crippen molar-refractivity contribution < 1.29 is 9.72 Å². The van der Waals surface area contributed by atoms with Gasteiger partial charge in [-0.15, -0.1) is 0 Å². The van der Waals surface area contributed by atoms with E-state index in [-0.39, 0.29) is 17.2 Å². The van der Waals surface area contributed by atoms with E-state index in [1.165, 1.54) is 11.0 Å². The fourth-order valence-corrected chi connectivity index (χ4v) is 1.43. The van der Waals surface area contributed by atoms with Gasteiger partial charge in [0.15, 0.2) is 0 Å². The lowest BCUT2D eigenvalue weighted by molar-refractivity contribution is -0.385. The van der Waals surface area contributed by atoms with Gasteiger partial charge in [-0.05, 0) is 14.0 Å². The molecule has 18 heavy (non-hydrogen) atoms. The first-order valence-electron chi connectivity index (χ1n) is 5.48. The quantitative estimate of drug-likeness (QED) is 0.612. The Labute approximate surface area is 105 Å². The van der Waals surface area contributed by atoms with Gasteiger partial charge in [0.1, 0.15) is 6.20 Å². The largest absolute Gasteiger partial charge is 0.340 e. The van der Waals surface area contributed by atoms with E-state index >= 15 is 0 Å². The summed E-state index contributed by atoms with van der Waals surface area (Å²) < 4.78 is 0. The molecule has 1 rings (SSSR count). The zero-order chi connectivity index (χ0) is 13.7. The molecular formula is C11H16N4O3. The second-order valence-electron chi connectivity index (χ2n) is 3.91. The second kappa shape index (κ2) is 6.06. The third-order valence-corrected chi connectivity index (χ3v) is 2.56. The van der Waals surface area contributed by atoms with E-state index in [0.29, 0.717) is 18.8 Å². The minimum Gasteiger partial charge on any atom is -0.340 e. The van der Waals surface area contributed by atoms with Gasteiger partial charge in [0.25, 0.3) is 11.6 Å². The molecule has 0 aromatic carbocycles. The van der Waals surface area contributed by atoms with Crippen molar-refractivity contribution in [1.82, 2.24) is 15.2 Å². The Morgan fingerprint density at radius 2 is 2.28 bits per heavy atom. The predicted octanol–water partition coefficient (Wildman–Crippen LogP) is 0.590. The number of pyridine rings is 1. The van der Waals surface area contributed by atoms with Crippen LogP contribution in [0.4, 0.5) is 5.69 Å². The van der Waals surface area contributed by atoms with E-state index in [2.05, 4.69) is 10.3 Å². The van der Waals surface area contributed by atoms with Crippen LogP contribution in [-0.4, -0.2) is 47.9 Å². The highest BCUT2D eigenvalue weighted by atomic mass is 16.6. The molecule has 0 aliphatic rings. The zero-order valence-electron chi connectivity index (χ0n) is 10.6. The SMILES string of the molecule is CNCCN(C)C(=O)c1cc([N+](=O)[O-])cnc1C. The first-order valence-corrected chi connectivity index (χ1v) is 5.48. The molecule has 1 amide bonds. The fourth-order valence-electron chi connectivity index (χ4n) is 1.43. The Morgan fingerprint density at radius 1 is 1.61 bits per heavy atom. The summed E-state index contributed by atoms with van der Waals surface area (Å²) in [4.78, 5) is 27.6. The van der Waals surface area contributed by atoms with Crippen LogP contribution in [0, 0.1) is 17.0 Å². The first-order chi connectivity index (χ1) is 8.47. The molecule has 0 aliphatic carbocycles. The van der Waals surface area contributed by atoms with Crippen molar-refractivity contribution in [2.45, 2.75) is 6.92 Å². The lowest BCUT2D eigenvalue weighted by atomic mass is 10.1. The van der Waals surface area contributed by atoms with Gasteiger partial charge in [-0.3, -0.25) is 19.9 Å². The Hall–Kier alpha value is -2.02. The Bertz CT molecular complexity index is 462. The van der Waals surface area contributed by atoms with Crippen LogP contribution in [0.3, 0.4) is 0 Å². The highest BCUT2D eigenvalue weighted by Crippen LogP contribution is 2.16. The topological polar surface area (TPSA) is 88.4 Å². The van der Waals surface area contributed by atoms with E-state index in [9.17, 15) is 14.9 Å². The van der Waals surface area contributed by atoms with Crippen molar-refractivity contribution in [3.05, 3.63) is 33.6 Å². The van der Waals surface area contributed by atoms with E-state index in [1.807, 2.05) is 0 Å². The van der Waals surface area contributed by atoms with Gasteiger partial charge in [-0.25, -0.2) is 0 Å². The molecule has 0 aliphatic heterocycles. The Balaban J connectivity index is 2.97. The van der Waals surface area contributed by atoms with Gasteiger partial charge in [0.05, 0.1) is 16.2 Å². The van der Waals surface area contributed by atoms with Gasteiger partial charge >= 0.3 is 0 Å².